The molecule has 5 nitrogen and oxygen atoms in total. The van der Waals surface area contributed by atoms with E-state index in [-0.39, 0.29) is 5.92 Å². The number of nitrogens with one attached hydrogen (secondary N) is 1. The molecule has 1 aliphatic heterocycles. The summed E-state index contributed by atoms with van der Waals surface area (Å²) >= 11 is 0. The molecule has 1 atom stereocenters. The van der Waals surface area contributed by atoms with Crippen molar-refractivity contribution in [2.75, 3.05) is 11.9 Å². The molecule has 0 aliphatic carbocycles. The van der Waals surface area contributed by atoms with Crippen molar-refractivity contribution in [3.05, 3.63) is 59.9 Å². The van der Waals surface area contributed by atoms with Gasteiger partial charge in [-0.1, -0.05) is 23.4 Å². The number of nitrogens with zero attached hydrogens (tertiary/aromatic N) is 3. The first-order chi connectivity index (χ1) is 10.3. The number of aromatic nitrogens is 3. The van der Waals surface area contributed by atoms with Gasteiger partial charge in [0.15, 0.2) is 0 Å². The maximum Gasteiger partial charge on any atom is 0.236 e. The van der Waals surface area contributed by atoms with Crippen molar-refractivity contribution in [3.8, 4) is 11.5 Å². The zero-order valence-electron chi connectivity index (χ0n) is 11.0. The molecule has 104 valence electrons. The van der Waals surface area contributed by atoms with E-state index in [1.54, 1.807) is 0 Å². The fourth-order valence-electron chi connectivity index (χ4n) is 2.49. The summed E-state index contributed by atoms with van der Waals surface area (Å²) in [5.41, 5.74) is 2.72. The van der Waals surface area contributed by atoms with Gasteiger partial charge < -0.3 is 9.84 Å². The number of para-hydroxylation sites is 1. The second-order valence-electron chi connectivity index (χ2n) is 4.84. The highest BCUT2D eigenvalue weighted by Crippen LogP contribution is 2.35. The fraction of sp³-hybridized carbons (Fsp3) is 0.133. The average molecular weight is 282 g/mol. The van der Waals surface area contributed by atoms with E-state index in [4.69, 9.17) is 4.52 Å². The minimum absolute atomic E-state index is 0.0305. The first-order valence-electron chi connectivity index (χ1n) is 6.59. The molecule has 0 radical (unpaired) electrons. The molecular formula is C15H11FN4O. The summed E-state index contributed by atoms with van der Waals surface area (Å²) in [6.07, 6.45) is 1.14. The topological polar surface area (TPSA) is 63.8 Å². The van der Waals surface area contributed by atoms with Crippen molar-refractivity contribution in [1.82, 2.24) is 15.1 Å². The van der Waals surface area contributed by atoms with E-state index in [0.29, 0.717) is 17.4 Å². The number of fused-ring (bicyclic) bond motifs is 1. The van der Waals surface area contributed by atoms with Crippen molar-refractivity contribution >= 4 is 5.69 Å². The SMILES string of the molecule is Fc1ccc(-c2noc(C3CNc4ccccc43)n2)nc1. The predicted octanol–water partition coefficient (Wildman–Crippen LogP) is 2.83. The van der Waals surface area contributed by atoms with Gasteiger partial charge in [-0.05, 0) is 23.8 Å². The predicted molar refractivity (Wildman–Crippen MR) is 74.3 cm³/mol. The van der Waals surface area contributed by atoms with Crippen molar-refractivity contribution < 1.29 is 8.91 Å². The lowest BCUT2D eigenvalue weighted by Crippen LogP contribution is -2.04. The summed E-state index contributed by atoms with van der Waals surface area (Å²) in [6.45, 7) is 0.720. The number of hydrogen-bond acceptors (Lipinski definition) is 5. The van der Waals surface area contributed by atoms with Crippen LogP contribution >= 0.6 is 0 Å². The zero-order valence-corrected chi connectivity index (χ0v) is 11.0. The van der Waals surface area contributed by atoms with E-state index in [1.165, 1.54) is 12.1 Å². The number of anilines is 1. The smallest absolute Gasteiger partial charge is 0.236 e. The van der Waals surface area contributed by atoms with Gasteiger partial charge in [-0.15, -0.1) is 0 Å². The zero-order chi connectivity index (χ0) is 14.2. The van der Waals surface area contributed by atoms with Gasteiger partial charge in [0.2, 0.25) is 11.7 Å². The highest BCUT2D eigenvalue weighted by atomic mass is 19.1. The molecule has 0 bridgehead atoms. The van der Waals surface area contributed by atoms with Crippen LogP contribution in [0.5, 0.6) is 0 Å². The summed E-state index contributed by atoms with van der Waals surface area (Å²) in [5, 5.41) is 7.25. The summed E-state index contributed by atoms with van der Waals surface area (Å²) in [6, 6.07) is 10.9. The van der Waals surface area contributed by atoms with Crippen LogP contribution in [0.15, 0.2) is 47.1 Å². The van der Waals surface area contributed by atoms with Crippen LogP contribution in [0, 0.1) is 5.82 Å². The molecule has 3 aromatic rings. The molecule has 2 aromatic heterocycles. The summed E-state index contributed by atoms with van der Waals surface area (Å²) in [5.74, 6) is 0.544. The van der Waals surface area contributed by atoms with E-state index in [9.17, 15) is 4.39 Å². The Balaban J connectivity index is 1.68. The molecule has 6 heteroatoms. The Labute approximate surface area is 119 Å². The third-order valence-electron chi connectivity index (χ3n) is 3.53. The molecule has 21 heavy (non-hydrogen) atoms. The van der Waals surface area contributed by atoms with E-state index in [2.05, 4.69) is 20.4 Å². The number of hydrogen-bond donors (Lipinski definition) is 1. The van der Waals surface area contributed by atoms with Gasteiger partial charge in [0.25, 0.3) is 0 Å². The van der Waals surface area contributed by atoms with Gasteiger partial charge in [-0.2, -0.15) is 4.98 Å². The molecule has 0 fully saturated rings. The molecule has 3 heterocycles. The van der Waals surface area contributed by atoms with E-state index in [0.717, 1.165) is 24.0 Å². The first-order valence-corrected chi connectivity index (χ1v) is 6.59. The maximum atomic E-state index is 12.9. The second-order valence-corrected chi connectivity index (χ2v) is 4.84. The monoisotopic (exact) mass is 282 g/mol. The lowest BCUT2D eigenvalue weighted by Gasteiger charge is -2.02. The van der Waals surface area contributed by atoms with Crippen LogP contribution in [0.2, 0.25) is 0 Å². The van der Waals surface area contributed by atoms with E-state index in [1.807, 2.05) is 24.3 Å². The summed E-state index contributed by atoms with van der Waals surface area (Å²) in [4.78, 5) is 8.35. The Hall–Kier alpha value is -2.76. The average Bonchev–Trinajstić information content (AvgIpc) is 3.14. The molecule has 0 saturated carbocycles. The van der Waals surface area contributed by atoms with Crippen molar-refractivity contribution in [2.24, 2.45) is 0 Å². The molecule has 1 aromatic carbocycles. The standard InChI is InChI=1S/C15H11FN4O/c16-9-5-6-13(17-7-9)14-19-15(21-20-14)11-8-18-12-4-2-1-3-10(11)12/h1-7,11,18H,8H2. The Morgan fingerprint density at radius 2 is 2.10 bits per heavy atom. The molecule has 0 amide bonds. The Morgan fingerprint density at radius 3 is 2.95 bits per heavy atom. The number of rotatable bonds is 2. The highest BCUT2D eigenvalue weighted by molar-refractivity contribution is 5.59. The molecule has 1 unspecified atom stereocenters. The third-order valence-corrected chi connectivity index (χ3v) is 3.53. The lowest BCUT2D eigenvalue weighted by molar-refractivity contribution is 0.370. The van der Waals surface area contributed by atoms with Crippen molar-refractivity contribution in [1.29, 1.82) is 0 Å². The molecular weight excluding hydrogens is 271 g/mol. The van der Waals surface area contributed by atoms with Crippen molar-refractivity contribution in [3.63, 3.8) is 0 Å². The van der Waals surface area contributed by atoms with Crippen molar-refractivity contribution in [2.45, 2.75) is 5.92 Å². The van der Waals surface area contributed by atoms with E-state index >= 15 is 0 Å². The van der Waals surface area contributed by atoms with Crippen LogP contribution in [0.3, 0.4) is 0 Å². The molecule has 0 saturated heterocycles. The van der Waals surface area contributed by atoms with Gasteiger partial charge in [0.1, 0.15) is 11.5 Å². The third kappa shape index (κ3) is 2.05. The van der Waals surface area contributed by atoms with Gasteiger partial charge in [-0.3, -0.25) is 0 Å². The highest BCUT2D eigenvalue weighted by Gasteiger charge is 2.28. The minimum Gasteiger partial charge on any atom is -0.384 e. The quantitative estimate of drug-likeness (QED) is 0.783. The number of halogens is 1. The van der Waals surface area contributed by atoms with Crippen LogP contribution in [-0.2, 0) is 0 Å². The van der Waals surface area contributed by atoms with Gasteiger partial charge in [-0.25, -0.2) is 9.37 Å². The Kier molecular flexibility index (Phi) is 2.67. The van der Waals surface area contributed by atoms with Crippen LogP contribution in [0.4, 0.5) is 10.1 Å². The van der Waals surface area contributed by atoms with Crippen LogP contribution < -0.4 is 5.32 Å². The normalized spacial score (nSPS) is 16.5. The van der Waals surface area contributed by atoms with E-state index < -0.39 is 5.82 Å². The largest absolute Gasteiger partial charge is 0.384 e. The lowest BCUT2D eigenvalue weighted by atomic mass is 10.0. The molecule has 1 aliphatic rings. The number of pyridine rings is 1. The van der Waals surface area contributed by atoms with Crippen LogP contribution in [0.1, 0.15) is 17.4 Å². The minimum atomic E-state index is -0.392. The van der Waals surface area contributed by atoms with Crippen LogP contribution in [0.25, 0.3) is 11.5 Å². The fourth-order valence-corrected chi connectivity index (χ4v) is 2.49. The van der Waals surface area contributed by atoms with Gasteiger partial charge >= 0.3 is 0 Å². The summed E-state index contributed by atoms with van der Waals surface area (Å²) in [7, 11) is 0. The van der Waals surface area contributed by atoms with Gasteiger partial charge in [0, 0.05) is 12.2 Å². The Bertz CT molecular complexity index is 784. The molecule has 0 spiro atoms. The second kappa shape index (κ2) is 4.66. The molecule has 4 rings (SSSR count). The number of benzene rings is 1. The molecule has 1 N–H and O–H groups in total. The maximum absolute atomic E-state index is 12.9. The van der Waals surface area contributed by atoms with Crippen LogP contribution in [-0.4, -0.2) is 21.7 Å². The van der Waals surface area contributed by atoms with Gasteiger partial charge in [0.05, 0.1) is 12.1 Å². The summed E-state index contributed by atoms with van der Waals surface area (Å²) < 4.78 is 18.2. The Morgan fingerprint density at radius 1 is 1.19 bits per heavy atom. The first kappa shape index (κ1) is 12.0.